The summed E-state index contributed by atoms with van der Waals surface area (Å²) in [7, 11) is -4.24. The molecule has 0 spiro atoms. The highest BCUT2D eigenvalue weighted by Gasteiger charge is 2.54. The van der Waals surface area contributed by atoms with E-state index < -0.39 is 50.4 Å². The van der Waals surface area contributed by atoms with Crippen LogP contribution in [0.2, 0.25) is 0 Å². The minimum absolute atomic E-state index is 0.126. The summed E-state index contributed by atoms with van der Waals surface area (Å²) in [6.45, 7) is 4.14. The zero-order chi connectivity index (χ0) is 30.1. The number of aliphatic hydroxyl groups is 2. The molecule has 5 rings (SSSR count). The Morgan fingerprint density at radius 3 is 2.76 bits per heavy atom. The number of esters is 1. The molecule has 1 fully saturated rings. The van der Waals surface area contributed by atoms with E-state index in [2.05, 4.69) is 25.3 Å². The van der Waals surface area contributed by atoms with Crippen LogP contribution in [0.15, 0.2) is 55.1 Å². The van der Waals surface area contributed by atoms with Crippen molar-refractivity contribution >= 4 is 30.6 Å². The lowest BCUT2D eigenvalue weighted by Gasteiger charge is -2.27. The van der Waals surface area contributed by atoms with Crippen LogP contribution < -0.4 is 15.3 Å². The Bertz CT molecular complexity index is 1580. The zero-order valence-corrected chi connectivity index (χ0v) is 24.0. The third kappa shape index (κ3) is 5.75. The number of para-hydroxylation sites is 1. The molecule has 224 valence electrons. The van der Waals surface area contributed by atoms with Crippen LogP contribution in [0.3, 0.4) is 0 Å². The maximum absolute atomic E-state index is 13.8. The molecule has 4 heterocycles. The predicted octanol–water partition coefficient (Wildman–Crippen LogP) is 2.16. The molecular formula is C26H32N7O8P. The van der Waals surface area contributed by atoms with Gasteiger partial charge in [-0.3, -0.25) is 14.4 Å². The summed E-state index contributed by atoms with van der Waals surface area (Å²) in [6.07, 6.45) is 0.663. The summed E-state index contributed by atoms with van der Waals surface area (Å²) in [5.41, 5.74) is 5.89. The van der Waals surface area contributed by atoms with E-state index in [0.29, 0.717) is 22.3 Å². The highest BCUT2D eigenvalue weighted by atomic mass is 31.2. The van der Waals surface area contributed by atoms with Gasteiger partial charge in [-0.25, -0.2) is 14.5 Å². The Labute approximate surface area is 240 Å². The van der Waals surface area contributed by atoms with Crippen molar-refractivity contribution in [2.24, 2.45) is 0 Å². The first-order valence-corrected chi connectivity index (χ1v) is 14.7. The fraction of sp³-hybridized carbons (Fsp3) is 0.385. The first kappa shape index (κ1) is 29.6. The number of fused-ring (bicyclic) bond motifs is 1. The van der Waals surface area contributed by atoms with Gasteiger partial charge in [0.15, 0.2) is 6.23 Å². The number of nitrogens with zero attached hydrogens (tertiary/aromatic N) is 4. The van der Waals surface area contributed by atoms with Crippen molar-refractivity contribution < 1.29 is 38.1 Å². The van der Waals surface area contributed by atoms with E-state index in [4.69, 9.17) is 24.3 Å². The monoisotopic (exact) mass is 601 g/mol. The summed E-state index contributed by atoms with van der Waals surface area (Å²) < 4.78 is 37.8. The van der Waals surface area contributed by atoms with Gasteiger partial charge in [0, 0.05) is 18.0 Å². The van der Waals surface area contributed by atoms with E-state index >= 15 is 0 Å². The Hall–Kier alpha value is -3.85. The second kappa shape index (κ2) is 11.8. The van der Waals surface area contributed by atoms with E-state index in [1.54, 1.807) is 55.7 Å². The molecule has 0 amide bonds. The molecule has 6 N–H and O–H groups in total. The van der Waals surface area contributed by atoms with Crippen LogP contribution in [-0.2, 0) is 23.4 Å². The summed E-state index contributed by atoms with van der Waals surface area (Å²) >= 11 is 0. The van der Waals surface area contributed by atoms with Crippen molar-refractivity contribution in [3.8, 4) is 17.0 Å². The molecular weight excluding hydrogens is 569 g/mol. The standard InChI is InChI=1S/C26H32N7O8P/c1-4-38-24(35)15(2)32-42(37,41-16-8-6-5-7-9-16)39-13-19-21(34)26(3,36)25(40-19)33-12-17(18-10-11-30-31-18)20-22(27)28-14-29-23(20)33/h5-12,14-15,19,21,25,34,36H,4,13H2,1-3H3,(H,30,31)(H,32,37)(H2,27,28,29)/t15-,19?,21+,25?,26+,42?/m0/s1. The summed E-state index contributed by atoms with van der Waals surface area (Å²) in [5, 5.41) is 32.5. The molecule has 16 heteroatoms. The molecule has 6 atom stereocenters. The molecule has 42 heavy (non-hydrogen) atoms. The van der Waals surface area contributed by atoms with Crippen LogP contribution in [0.25, 0.3) is 22.3 Å². The number of anilines is 1. The lowest BCUT2D eigenvalue weighted by molar-refractivity contribution is -0.144. The lowest BCUT2D eigenvalue weighted by Crippen LogP contribution is -2.44. The van der Waals surface area contributed by atoms with Crippen molar-refractivity contribution in [1.29, 1.82) is 0 Å². The van der Waals surface area contributed by atoms with Crippen LogP contribution in [0.4, 0.5) is 5.82 Å². The lowest BCUT2D eigenvalue weighted by atomic mass is 9.96. The summed E-state index contributed by atoms with van der Waals surface area (Å²) in [6, 6.07) is 8.91. The molecule has 1 aromatic carbocycles. The molecule has 3 aromatic heterocycles. The van der Waals surface area contributed by atoms with Gasteiger partial charge in [0.2, 0.25) is 0 Å². The smallest absolute Gasteiger partial charge is 0.459 e. The van der Waals surface area contributed by atoms with Crippen molar-refractivity contribution in [2.75, 3.05) is 18.9 Å². The van der Waals surface area contributed by atoms with Crippen LogP contribution >= 0.6 is 7.75 Å². The number of hydrogen-bond acceptors (Lipinski definition) is 12. The van der Waals surface area contributed by atoms with Gasteiger partial charge < -0.3 is 34.5 Å². The quantitative estimate of drug-likeness (QED) is 0.123. The number of rotatable bonds is 11. The van der Waals surface area contributed by atoms with Gasteiger partial charge in [-0.1, -0.05) is 18.2 Å². The number of carbonyl (C=O) groups excluding carboxylic acids is 1. The average molecular weight is 602 g/mol. The third-order valence-electron chi connectivity index (χ3n) is 6.81. The highest BCUT2D eigenvalue weighted by Crippen LogP contribution is 2.48. The number of H-pyrrole nitrogens is 1. The third-order valence-corrected chi connectivity index (χ3v) is 8.45. The van der Waals surface area contributed by atoms with E-state index in [1.807, 2.05) is 0 Å². The number of aromatic nitrogens is 5. The zero-order valence-electron chi connectivity index (χ0n) is 23.1. The number of ether oxygens (including phenoxy) is 2. The maximum Gasteiger partial charge on any atom is 0.459 e. The summed E-state index contributed by atoms with van der Waals surface area (Å²) in [5.74, 6) is -0.251. The number of aromatic amines is 1. The molecule has 1 aliphatic rings. The fourth-order valence-corrected chi connectivity index (χ4v) is 6.22. The molecule has 0 aliphatic carbocycles. The maximum atomic E-state index is 13.8. The van der Waals surface area contributed by atoms with Crippen molar-refractivity contribution in [3.05, 3.63) is 55.1 Å². The second-order valence-electron chi connectivity index (χ2n) is 9.88. The molecule has 0 saturated carbocycles. The van der Waals surface area contributed by atoms with Crippen molar-refractivity contribution in [1.82, 2.24) is 29.8 Å². The molecule has 1 saturated heterocycles. The van der Waals surface area contributed by atoms with Gasteiger partial charge in [0.25, 0.3) is 0 Å². The van der Waals surface area contributed by atoms with Gasteiger partial charge in [-0.05, 0) is 39.0 Å². The predicted molar refractivity (Wildman–Crippen MR) is 150 cm³/mol. The average Bonchev–Trinajstić information content (AvgIpc) is 3.67. The minimum atomic E-state index is -4.24. The number of nitrogen functional groups attached to an aromatic ring is 1. The molecule has 0 radical (unpaired) electrons. The van der Waals surface area contributed by atoms with E-state index in [-0.39, 0.29) is 18.2 Å². The molecule has 1 aliphatic heterocycles. The van der Waals surface area contributed by atoms with Crippen molar-refractivity contribution in [3.63, 3.8) is 0 Å². The number of aliphatic hydroxyl groups excluding tert-OH is 1. The van der Waals surface area contributed by atoms with Crippen LogP contribution in [0, 0.1) is 0 Å². The van der Waals surface area contributed by atoms with E-state index in [0.717, 1.165) is 0 Å². The van der Waals surface area contributed by atoms with Gasteiger partial charge in [-0.15, -0.1) is 0 Å². The number of nitrogens with one attached hydrogen (secondary N) is 2. The number of hydrogen-bond donors (Lipinski definition) is 5. The normalized spacial score (nSPS) is 24.4. The first-order chi connectivity index (χ1) is 20.0. The second-order valence-corrected chi connectivity index (χ2v) is 11.6. The van der Waals surface area contributed by atoms with Crippen molar-refractivity contribution in [2.45, 2.75) is 50.8 Å². The minimum Gasteiger partial charge on any atom is -0.465 e. The van der Waals surface area contributed by atoms with Gasteiger partial charge in [0.1, 0.15) is 47.4 Å². The fourth-order valence-electron chi connectivity index (χ4n) is 4.71. The van der Waals surface area contributed by atoms with Crippen LogP contribution in [0.5, 0.6) is 5.75 Å². The van der Waals surface area contributed by atoms with Gasteiger partial charge >= 0.3 is 13.7 Å². The molecule has 4 aromatic rings. The number of carbonyl (C=O) groups is 1. The van der Waals surface area contributed by atoms with E-state index in [1.165, 1.54) is 24.7 Å². The van der Waals surface area contributed by atoms with Gasteiger partial charge in [-0.2, -0.15) is 10.2 Å². The summed E-state index contributed by atoms with van der Waals surface area (Å²) in [4.78, 5) is 20.7. The molecule has 15 nitrogen and oxygen atoms in total. The Morgan fingerprint density at radius 1 is 1.31 bits per heavy atom. The van der Waals surface area contributed by atoms with Crippen LogP contribution in [-0.4, -0.2) is 78.0 Å². The first-order valence-electron chi connectivity index (χ1n) is 13.1. The van der Waals surface area contributed by atoms with E-state index in [9.17, 15) is 19.6 Å². The Balaban J connectivity index is 1.41. The molecule has 3 unspecified atom stereocenters. The topological polar surface area (TPSA) is 209 Å². The number of nitrogens with two attached hydrogens (primary N) is 1. The Kier molecular flexibility index (Phi) is 8.32. The van der Waals surface area contributed by atoms with Gasteiger partial charge in [0.05, 0.1) is 24.3 Å². The SMILES string of the molecule is CCOC(=O)[C@H](C)NP(=O)(OCC1OC(n2cc(-c3ccn[nH]3)c3c(N)ncnc32)[C@](C)(O)[C@@H]1O)Oc1ccccc1. The molecule has 0 bridgehead atoms. The largest absolute Gasteiger partial charge is 0.465 e. The Morgan fingerprint density at radius 2 is 2.07 bits per heavy atom. The highest BCUT2D eigenvalue weighted by molar-refractivity contribution is 7.52. The van der Waals surface area contributed by atoms with Crippen LogP contribution in [0.1, 0.15) is 27.0 Å². The number of benzene rings is 1.